The highest BCUT2D eigenvalue weighted by atomic mass is 32.2. The van der Waals surface area contributed by atoms with Crippen molar-refractivity contribution in [3.63, 3.8) is 0 Å². The standard InChI is InChI=1S/C21H21N3O4S2/c1-14-5-7-15(8-6-14)20-22-23-21(28-20)29-13-19(25)17-9-10-18-16(12-17)4-3-11-24(18)30(2,26)27/h5-10,12H,3-4,11,13H2,1-2H3. The topological polar surface area (TPSA) is 93.4 Å². The van der Waals surface area contributed by atoms with Crippen LogP contribution in [0, 0.1) is 6.92 Å². The lowest BCUT2D eigenvalue weighted by atomic mass is 9.99. The first kappa shape index (κ1) is 20.6. The zero-order valence-electron chi connectivity index (χ0n) is 16.7. The summed E-state index contributed by atoms with van der Waals surface area (Å²) in [5.74, 6) is 0.498. The SMILES string of the molecule is Cc1ccc(-c2nnc(SCC(=O)c3ccc4c(c3)CCCN4S(C)(=O)=O)o2)cc1. The molecule has 1 aliphatic rings. The van der Waals surface area contributed by atoms with E-state index in [1.165, 1.54) is 22.3 Å². The fraction of sp³-hybridized carbons (Fsp3) is 0.286. The first-order valence-electron chi connectivity index (χ1n) is 9.48. The molecule has 3 aromatic rings. The Morgan fingerprint density at radius 2 is 1.93 bits per heavy atom. The first-order chi connectivity index (χ1) is 14.3. The van der Waals surface area contributed by atoms with Crippen LogP contribution in [0.25, 0.3) is 11.5 Å². The first-order valence-corrected chi connectivity index (χ1v) is 12.3. The van der Waals surface area contributed by atoms with Crippen LogP contribution < -0.4 is 4.31 Å². The van der Waals surface area contributed by atoms with Gasteiger partial charge in [0.05, 0.1) is 17.7 Å². The van der Waals surface area contributed by atoms with Gasteiger partial charge in [-0.1, -0.05) is 29.5 Å². The van der Waals surface area contributed by atoms with Crippen LogP contribution in [0.15, 0.2) is 52.1 Å². The number of benzene rings is 2. The van der Waals surface area contributed by atoms with Gasteiger partial charge in [-0.05, 0) is 55.7 Å². The Labute approximate surface area is 179 Å². The second-order valence-electron chi connectivity index (χ2n) is 7.23. The quantitative estimate of drug-likeness (QED) is 0.423. The average molecular weight is 444 g/mol. The van der Waals surface area contributed by atoms with Gasteiger partial charge in [-0.25, -0.2) is 8.42 Å². The predicted molar refractivity (Wildman–Crippen MR) is 116 cm³/mol. The molecule has 0 bridgehead atoms. The number of thioether (sulfide) groups is 1. The van der Waals surface area contributed by atoms with E-state index in [2.05, 4.69) is 10.2 Å². The van der Waals surface area contributed by atoms with Crippen molar-refractivity contribution in [3.05, 3.63) is 59.2 Å². The summed E-state index contributed by atoms with van der Waals surface area (Å²) in [6, 6.07) is 13.0. The number of Topliss-reactive ketones (excluding diaryl/α,β-unsaturated/α-hetero) is 1. The van der Waals surface area contributed by atoms with Crippen LogP contribution in [0.3, 0.4) is 0 Å². The van der Waals surface area contributed by atoms with Gasteiger partial charge in [0.1, 0.15) is 0 Å². The van der Waals surface area contributed by atoms with Crippen molar-refractivity contribution in [2.45, 2.75) is 25.0 Å². The van der Waals surface area contributed by atoms with E-state index >= 15 is 0 Å². The van der Waals surface area contributed by atoms with Crippen LogP contribution >= 0.6 is 11.8 Å². The van der Waals surface area contributed by atoms with Crippen molar-refractivity contribution in [2.24, 2.45) is 0 Å². The molecule has 156 valence electrons. The maximum Gasteiger partial charge on any atom is 0.277 e. The molecule has 0 fully saturated rings. The Kier molecular flexibility index (Phi) is 5.66. The molecule has 2 heterocycles. The molecular weight excluding hydrogens is 422 g/mol. The lowest BCUT2D eigenvalue weighted by Crippen LogP contribution is -2.34. The number of anilines is 1. The summed E-state index contributed by atoms with van der Waals surface area (Å²) in [6.45, 7) is 2.47. The average Bonchev–Trinajstić information content (AvgIpc) is 3.20. The predicted octanol–water partition coefficient (Wildman–Crippen LogP) is 3.73. The Bertz CT molecular complexity index is 1190. The molecule has 0 atom stereocenters. The van der Waals surface area contributed by atoms with Crippen LogP contribution in [0.4, 0.5) is 5.69 Å². The van der Waals surface area contributed by atoms with Gasteiger partial charge in [-0.15, -0.1) is 10.2 Å². The summed E-state index contributed by atoms with van der Waals surface area (Å²) in [4.78, 5) is 12.7. The summed E-state index contributed by atoms with van der Waals surface area (Å²) in [5, 5.41) is 8.39. The summed E-state index contributed by atoms with van der Waals surface area (Å²) < 4.78 is 31.0. The molecule has 9 heteroatoms. The van der Waals surface area contributed by atoms with Gasteiger partial charge < -0.3 is 4.42 Å². The van der Waals surface area contributed by atoms with Crippen molar-refractivity contribution in [1.29, 1.82) is 0 Å². The highest BCUT2D eigenvalue weighted by molar-refractivity contribution is 7.99. The molecule has 2 aromatic carbocycles. The molecule has 0 saturated heterocycles. The molecule has 30 heavy (non-hydrogen) atoms. The van der Waals surface area contributed by atoms with Crippen LogP contribution in [0.1, 0.15) is 27.9 Å². The van der Waals surface area contributed by atoms with E-state index in [9.17, 15) is 13.2 Å². The van der Waals surface area contributed by atoms with Gasteiger partial charge in [-0.2, -0.15) is 0 Å². The lowest BCUT2D eigenvalue weighted by molar-refractivity contribution is 0.102. The number of aromatic nitrogens is 2. The number of ketones is 1. The van der Waals surface area contributed by atoms with E-state index < -0.39 is 10.0 Å². The minimum Gasteiger partial charge on any atom is -0.411 e. The third-order valence-electron chi connectivity index (χ3n) is 4.91. The number of rotatable bonds is 6. The van der Waals surface area contributed by atoms with E-state index in [0.717, 1.165) is 29.5 Å². The van der Waals surface area contributed by atoms with Crippen molar-refractivity contribution in [3.8, 4) is 11.5 Å². The smallest absolute Gasteiger partial charge is 0.277 e. The van der Waals surface area contributed by atoms with Crippen LogP contribution in [-0.4, -0.2) is 43.0 Å². The molecule has 1 aliphatic heterocycles. The molecular formula is C21H21N3O4S2. The van der Waals surface area contributed by atoms with Crippen molar-refractivity contribution in [1.82, 2.24) is 10.2 Å². The largest absolute Gasteiger partial charge is 0.411 e. The number of nitrogens with zero attached hydrogens (tertiary/aromatic N) is 3. The molecule has 0 amide bonds. The van der Waals surface area contributed by atoms with E-state index in [-0.39, 0.29) is 11.5 Å². The maximum absolute atomic E-state index is 12.7. The molecule has 4 rings (SSSR count). The Morgan fingerprint density at radius 1 is 1.17 bits per heavy atom. The minimum atomic E-state index is -3.33. The molecule has 0 spiro atoms. The number of fused-ring (bicyclic) bond motifs is 1. The van der Waals surface area contributed by atoms with E-state index in [4.69, 9.17) is 4.42 Å². The van der Waals surface area contributed by atoms with Gasteiger partial charge in [0.25, 0.3) is 5.22 Å². The normalized spacial score (nSPS) is 13.9. The minimum absolute atomic E-state index is 0.0747. The van der Waals surface area contributed by atoms with Gasteiger partial charge in [0.15, 0.2) is 5.78 Å². The highest BCUT2D eigenvalue weighted by Gasteiger charge is 2.24. The zero-order chi connectivity index (χ0) is 21.3. The number of carbonyl (C=O) groups is 1. The second kappa shape index (κ2) is 8.23. The Balaban J connectivity index is 1.44. The van der Waals surface area contributed by atoms with Gasteiger partial charge in [-0.3, -0.25) is 9.10 Å². The number of sulfonamides is 1. The molecule has 0 radical (unpaired) electrons. The van der Waals surface area contributed by atoms with Crippen LogP contribution in [-0.2, 0) is 16.4 Å². The van der Waals surface area contributed by atoms with Crippen molar-refractivity contribution < 1.29 is 17.6 Å². The summed E-state index contributed by atoms with van der Waals surface area (Å²) >= 11 is 1.19. The zero-order valence-corrected chi connectivity index (χ0v) is 18.3. The molecule has 0 saturated carbocycles. The lowest BCUT2D eigenvalue weighted by Gasteiger charge is -2.29. The fourth-order valence-corrected chi connectivity index (χ4v) is 5.03. The third-order valence-corrected chi connectivity index (χ3v) is 6.91. The summed E-state index contributed by atoms with van der Waals surface area (Å²) in [5.41, 5.74) is 4.06. The van der Waals surface area contributed by atoms with Crippen molar-refractivity contribution in [2.75, 3.05) is 22.9 Å². The number of aryl methyl sites for hydroxylation is 2. The van der Waals surface area contributed by atoms with Gasteiger partial charge in [0, 0.05) is 17.7 Å². The highest BCUT2D eigenvalue weighted by Crippen LogP contribution is 2.31. The molecule has 0 N–H and O–H groups in total. The van der Waals surface area contributed by atoms with Gasteiger partial charge in [0.2, 0.25) is 15.9 Å². The van der Waals surface area contributed by atoms with E-state index in [1.54, 1.807) is 18.2 Å². The Morgan fingerprint density at radius 3 is 2.67 bits per heavy atom. The molecule has 0 aliphatic carbocycles. The fourth-order valence-electron chi connectivity index (χ4n) is 3.37. The molecule has 7 nitrogen and oxygen atoms in total. The number of hydrogen-bond acceptors (Lipinski definition) is 7. The van der Waals surface area contributed by atoms with E-state index in [1.807, 2.05) is 31.2 Å². The summed E-state index contributed by atoms with van der Waals surface area (Å²) in [6.07, 6.45) is 2.68. The maximum atomic E-state index is 12.7. The van der Waals surface area contributed by atoms with Gasteiger partial charge >= 0.3 is 0 Å². The Hall–Kier alpha value is -2.65. The molecule has 0 unspecified atom stereocenters. The third kappa shape index (κ3) is 4.41. The van der Waals surface area contributed by atoms with Crippen LogP contribution in [0.2, 0.25) is 0 Å². The second-order valence-corrected chi connectivity index (χ2v) is 10.1. The van der Waals surface area contributed by atoms with Crippen molar-refractivity contribution >= 4 is 33.3 Å². The number of carbonyl (C=O) groups excluding carboxylic acids is 1. The van der Waals surface area contributed by atoms with E-state index in [0.29, 0.717) is 28.9 Å². The monoisotopic (exact) mass is 443 g/mol. The molecule has 1 aromatic heterocycles. The van der Waals surface area contributed by atoms with Crippen LogP contribution in [0.5, 0.6) is 0 Å². The summed E-state index contributed by atoms with van der Waals surface area (Å²) in [7, 11) is -3.33. The number of hydrogen-bond donors (Lipinski definition) is 0.